The van der Waals surface area contributed by atoms with Gasteiger partial charge in [-0.05, 0) is 60.9 Å². The molecule has 2 aromatic carbocycles. The highest BCUT2D eigenvalue weighted by Crippen LogP contribution is 2.32. The predicted octanol–water partition coefficient (Wildman–Crippen LogP) is 6.84. The quantitative estimate of drug-likeness (QED) is 0.568. The molecule has 1 aliphatic carbocycles. The summed E-state index contributed by atoms with van der Waals surface area (Å²) in [6, 6.07) is 7.41. The third-order valence-electron chi connectivity index (χ3n) is 5.60. The van der Waals surface area contributed by atoms with Crippen molar-refractivity contribution in [2.75, 3.05) is 0 Å². The van der Waals surface area contributed by atoms with Crippen LogP contribution in [0.5, 0.6) is 0 Å². The summed E-state index contributed by atoms with van der Waals surface area (Å²) in [7, 11) is 0. The fourth-order valence-electron chi connectivity index (χ4n) is 3.74. The molecule has 0 radical (unpaired) electrons. The first-order valence-electron chi connectivity index (χ1n) is 9.18. The maximum atomic E-state index is 14.5. The van der Waals surface area contributed by atoms with Gasteiger partial charge in [-0.15, -0.1) is 0 Å². The van der Waals surface area contributed by atoms with Crippen molar-refractivity contribution in [2.24, 2.45) is 11.8 Å². The lowest BCUT2D eigenvalue weighted by Crippen LogP contribution is -2.12. The summed E-state index contributed by atoms with van der Waals surface area (Å²) >= 11 is 0. The summed E-state index contributed by atoms with van der Waals surface area (Å²) < 4.78 is 41.9. The van der Waals surface area contributed by atoms with Crippen molar-refractivity contribution in [3.05, 3.63) is 58.9 Å². The number of hydrogen-bond donors (Lipinski definition) is 0. The second kappa shape index (κ2) is 7.63. The van der Waals surface area contributed by atoms with Gasteiger partial charge in [0.15, 0.2) is 0 Å². The van der Waals surface area contributed by atoms with Crippen LogP contribution < -0.4 is 0 Å². The predicted molar refractivity (Wildman–Crippen MR) is 95.9 cm³/mol. The van der Waals surface area contributed by atoms with E-state index in [9.17, 15) is 13.2 Å². The highest BCUT2D eigenvalue weighted by Gasteiger charge is 2.18. The van der Waals surface area contributed by atoms with Gasteiger partial charge in [0.05, 0.1) is 0 Å². The Labute approximate surface area is 148 Å². The van der Waals surface area contributed by atoms with Crippen LogP contribution >= 0.6 is 0 Å². The van der Waals surface area contributed by atoms with Gasteiger partial charge in [0, 0.05) is 11.1 Å². The zero-order valence-electron chi connectivity index (χ0n) is 14.9. The van der Waals surface area contributed by atoms with E-state index in [1.165, 1.54) is 50.8 Å². The lowest BCUT2D eigenvalue weighted by Gasteiger charge is -2.26. The standard InChI is InChI=1S/C22H25F3/c1-14-3-5-16(6-4-14)7-8-17-9-10-19(22(25)11-17)18-12-20(23)15(2)21(24)13-18/h9-14,16H,3-8H2,1-2H3. The zero-order valence-corrected chi connectivity index (χ0v) is 14.9. The number of rotatable bonds is 4. The molecule has 0 heterocycles. The van der Waals surface area contributed by atoms with E-state index >= 15 is 0 Å². The lowest BCUT2D eigenvalue weighted by atomic mass is 9.80. The van der Waals surface area contributed by atoms with Crippen LogP contribution in [0.1, 0.15) is 50.2 Å². The lowest BCUT2D eigenvalue weighted by molar-refractivity contribution is 0.277. The first-order valence-corrected chi connectivity index (χ1v) is 9.18. The van der Waals surface area contributed by atoms with Crippen molar-refractivity contribution in [1.82, 2.24) is 0 Å². The van der Waals surface area contributed by atoms with Crippen LogP contribution in [0.4, 0.5) is 13.2 Å². The average molecular weight is 346 g/mol. The topological polar surface area (TPSA) is 0 Å². The van der Waals surface area contributed by atoms with E-state index < -0.39 is 17.5 Å². The molecule has 3 heteroatoms. The molecule has 0 spiro atoms. The third kappa shape index (κ3) is 4.26. The summed E-state index contributed by atoms with van der Waals surface area (Å²) in [6.07, 6.45) is 7.06. The van der Waals surface area contributed by atoms with Crippen molar-refractivity contribution < 1.29 is 13.2 Å². The molecule has 0 amide bonds. The molecular weight excluding hydrogens is 321 g/mol. The molecule has 1 fully saturated rings. The van der Waals surface area contributed by atoms with E-state index in [2.05, 4.69) is 6.92 Å². The minimum Gasteiger partial charge on any atom is -0.207 e. The molecule has 0 aliphatic heterocycles. The van der Waals surface area contributed by atoms with Crippen molar-refractivity contribution in [3.8, 4) is 11.1 Å². The van der Waals surface area contributed by atoms with Gasteiger partial charge >= 0.3 is 0 Å². The maximum Gasteiger partial charge on any atom is 0.131 e. The molecule has 134 valence electrons. The zero-order chi connectivity index (χ0) is 18.0. The molecular formula is C22H25F3. The Morgan fingerprint density at radius 2 is 1.52 bits per heavy atom. The Morgan fingerprint density at radius 3 is 2.12 bits per heavy atom. The second-order valence-electron chi connectivity index (χ2n) is 7.54. The Hall–Kier alpha value is -1.77. The Balaban J connectivity index is 1.71. The van der Waals surface area contributed by atoms with Crippen LogP contribution in [0, 0.1) is 36.2 Å². The molecule has 0 saturated heterocycles. The van der Waals surface area contributed by atoms with Crippen LogP contribution in [0.15, 0.2) is 30.3 Å². The monoisotopic (exact) mass is 346 g/mol. The van der Waals surface area contributed by atoms with Gasteiger partial charge in [0.1, 0.15) is 17.5 Å². The number of aryl methyl sites for hydroxylation is 1. The number of halogens is 3. The molecule has 3 rings (SSSR count). The normalized spacial score (nSPS) is 20.7. The summed E-state index contributed by atoms with van der Waals surface area (Å²) in [5, 5.41) is 0. The molecule has 2 aromatic rings. The molecule has 1 saturated carbocycles. The minimum atomic E-state index is -0.648. The van der Waals surface area contributed by atoms with Crippen LogP contribution in [0.2, 0.25) is 0 Å². The van der Waals surface area contributed by atoms with Crippen LogP contribution in [-0.4, -0.2) is 0 Å². The van der Waals surface area contributed by atoms with Crippen molar-refractivity contribution >= 4 is 0 Å². The van der Waals surface area contributed by atoms with Crippen LogP contribution in [0.3, 0.4) is 0 Å². The van der Waals surface area contributed by atoms with Gasteiger partial charge in [0.25, 0.3) is 0 Å². The highest BCUT2D eigenvalue weighted by atomic mass is 19.1. The van der Waals surface area contributed by atoms with Gasteiger partial charge in [-0.3, -0.25) is 0 Å². The van der Waals surface area contributed by atoms with Crippen molar-refractivity contribution in [1.29, 1.82) is 0 Å². The molecule has 1 aliphatic rings. The Bertz CT molecular complexity index is 720. The second-order valence-corrected chi connectivity index (χ2v) is 7.54. The molecule has 0 N–H and O–H groups in total. The van der Waals surface area contributed by atoms with Gasteiger partial charge < -0.3 is 0 Å². The molecule has 0 nitrogen and oxygen atoms in total. The van der Waals surface area contributed by atoms with E-state index in [1.807, 2.05) is 6.07 Å². The first-order chi connectivity index (χ1) is 11.9. The summed E-state index contributed by atoms with van der Waals surface area (Å²) in [4.78, 5) is 0. The van der Waals surface area contributed by atoms with Crippen LogP contribution in [-0.2, 0) is 6.42 Å². The fraction of sp³-hybridized carbons (Fsp3) is 0.455. The molecule has 0 unspecified atom stereocenters. The van der Waals surface area contributed by atoms with Gasteiger partial charge in [-0.2, -0.15) is 0 Å². The van der Waals surface area contributed by atoms with E-state index in [1.54, 1.807) is 6.07 Å². The smallest absolute Gasteiger partial charge is 0.131 e. The minimum absolute atomic E-state index is 0.0393. The summed E-state index contributed by atoms with van der Waals surface area (Å²) in [5.74, 6) is -0.144. The SMILES string of the molecule is Cc1c(F)cc(-c2ccc(CCC3CCC(C)CC3)cc2F)cc1F. The molecule has 0 bridgehead atoms. The van der Waals surface area contributed by atoms with Crippen LogP contribution in [0.25, 0.3) is 11.1 Å². The fourth-order valence-corrected chi connectivity index (χ4v) is 3.74. The maximum absolute atomic E-state index is 14.5. The number of benzene rings is 2. The highest BCUT2D eigenvalue weighted by molar-refractivity contribution is 5.65. The summed E-state index contributed by atoms with van der Waals surface area (Å²) in [6.45, 7) is 3.68. The largest absolute Gasteiger partial charge is 0.207 e. The van der Waals surface area contributed by atoms with Gasteiger partial charge in [0.2, 0.25) is 0 Å². The first kappa shape index (κ1) is 18.0. The Morgan fingerprint density at radius 1 is 0.880 bits per heavy atom. The van der Waals surface area contributed by atoms with E-state index in [0.717, 1.165) is 30.2 Å². The van der Waals surface area contributed by atoms with E-state index in [0.29, 0.717) is 0 Å². The van der Waals surface area contributed by atoms with Crippen molar-refractivity contribution in [2.45, 2.75) is 52.4 Å². The molecule has 0 aromatic heterocycles. The summed E-state index contributed by atoms with van der Waals surface area (Å²) in [5.41, 5.74) is 1.40. The Kier molecular flexibility index (Phi) is 5.51. The van der Waals surface area contributed by atoms with E-state index in [-0.39, 0.29) is 16.7 Å². The molecule has 25 heavy (non-hydrogen) atoms. The van der Waals surface area contributed by atoms with Crippen molar-refractivity contribution in [3.63, 3.8) is 0 Å². The third-order valence-corrected chi connectivity index (χ3v) is 5.60. The van der Waals surface area contributed by atoms with Gasteiger partial charge in [-0.1, -0.05) is 44.7 Å². The number of hydrogen-bond acceptors (Lipinski definition) is 0. The molecule has 0 atom stereocenters. The van der Waals surface area contributed by atoms with Gasteiger partial charge in [-0.25, -0.2) is 13.2 Å². The van der Waals surface area contributed by atoms with E-state index in [4.69, 9.17) is 0 Å². The average Bonchev–Trinajstić information content (AvgIpc) is 2.59.